The minimum atomic E-state index is -1.76. The normalized spacial score (nSPS) is 10.2. The van der Waals surface area contributed by atoms with Crippen LogP contribution in [0.4, 0.5) is 8.78 Å². The van der Waals surface area contributed by atoms with Crippen molar-refractivity contribution in [3.63, 3.8) is 0 Å². The van der Waals surface area contributed by atoms with Crippen molar-refractivity contribution >= 4 is 17.6 Å². The average Bonchev–Trinajstić information content (AvgIpc) is 2.64. The second-order valence-corrected chi connectivity index (χ2v) is 6.08. The van der Waals surface area contributed by atoms with Crippen LogP contribution in [0.5, 0.6) is 17.2 Å². The Morgan fingerprint density at radius 1 is 0.963 bits per heavy atom. The first-order valence-electron chi connectivity index (χ1n) is 8.26. The second kappa shape index (κ2) is 10.5. The van der Waals surface area contributed by atoms with Crippen LogP contribution in [-0.4, -0.2) is 19.2 Å². The molecule has 144 valence electrons. The molecule has 0 aliphatic rings. The zero-order valence-corrected chi connectivity index (χ0v) is 15.5. The summed E-state index contributed by atoms with van der Waals surface area (Å²) in [5, 5.41) is 0.586. The maximum Gasteiger partial charge on any atom is 0.306 e. The number of allylic oxidation sites excluding steroid dienone is 1. The zero-order chi connectivity index (χ0) is 19.6. The molecule has 27 heavy (non-hydrogen) atoms. The second-order valence-electron chi connectivity index (χ2n) is 5.64. The van der Waals surface area contributed by atoms with Gasteiger partial charge in [-0.1, -0.05) is 17.7 Å². The van der Waals surface area contributed by atoms with Crippen LogP contribution in [0.15, 0.2) is 60.2 Å². The molecular weight excluding hydrogens is 378 g/mol. The van der Waals surface area contributed by atoms with E-state index in [1.807, 2.05) is 0 Å². The minimum Gasteiger partial charge on any atom is -0.490 e. The van der Waals surface area contributed by atoms with E-state index in [9.17, 15) is 13.6 Å². The Balaban J connectivity index is 1.69. The molecule has 0 fully saturated rings. The Kier molecular flexibility index (Phi) is 8.07. The summed E-state index contributed by atoms with van der Waals surface area (Å²) in [5.41, 5.74) is -0.108. The fourth-order valence-corrected chi connectivity index (χ4v) is 2.22. The van der Waals surface area contributed by atoms with Gasteiger partial charge in [0.25, 0.3) is 6.08 Å². The number of ether oxygens (including phenoxy) is 3. The standard InChI is InChI=1S/C20H19ClF2O4/c1-14(20(22)23)5-10-19(24)26-12-11-25-16-6-8-17(9-7-16)27-18-4-2-3-15(21)13-18/h2-4,6-9,13H,5,10-12H2,1H3. The molecule has 0 aromatic heterocycles. The van der Waals surface area contributed by atoms with E-state index < -0.39 is 12.0 Å². The lowest BCUT2D eigenvalue weighted by atomic mass is 10.2. The minimum absolute atomic E-state index is 0.0177. The first-order chi connectivity index (χ1) is 12.9. The summed E-state index contributed by atoms with van der Waals surface area (Å²) in [5.74, 6) is 1.30. The highest BCUT2D eigenvalue weighted by Gasteiger charge is 2.07. The molecule has 0 aliphatic heterocycles. The molecule has 0 saturated carbocycles. The SMILES string of the molecule is CC(CCC(=O)OCCOc1ccc(Oc2cccc(Cl)c2)cc1)=C(F)F. The highest BCUT2D eigenvalue weighted by molar-refractivity contribution is 6.30. The lowest BCUT2D eigenvalue weighted by Crippen LogP contribution is -2.12. The molecule has 0 spiro atoms. The van der Waals surface area contributed by atoms with Crippen LogP contribution in [0.25, 0.3) is 0 Å². The zero-order valence-electron chi connectivity index (χ0n) is 14.7. The summed E-state index contributed by atoms with van der Waals surface area (Å²) in [7, 11) is 0. The van der Waals surface area contributed by atoms with E-state index >= 15 is 0 Å². The number of halogens is 3. The van der Waals surface area contributed by atoms with Gasteiger partial charge in [0.15, 0.2) is 0 Å². The fraction of sp³-hybridized carbons (Fsp3) is 0.250. The lowest BCUT2D eigenvalue weighted by Gasteiger charge is -2.09. The number of carbonyl (C=O) groups is 1. The number of hydrogen-bond donors (Lipinski definition) is 0. The van der Waals surface area contributed by atoms with Crippen molar-refractivity contribution in [2.45, 2.75) is 19.8 Å². The largest absolute Gasteiger partial charge is 0.490 e. The molecule has 0 bridgehead atoms. The molecule has 4 nitrogen and oxygen atoms in total. The molecular formula is C20H19ClF2O4. The Morgan fingerprint density at radius 2 is 1.67 bits per heavy atom. The van der Waals surface area contributed by atoms with Crippen LogP contribution in [0, 0.1) is 0 Å². The molecule has 0 radical (unpaired) electrons. The highest BCUT2D eigenvalue weighted by atomic mass is 35.5. The molecule has 0 saturated heterocycles. The summed E-state index contributed by atoms with van der Waals surface area (Å²) in [6.45, 7) is 1.48. The first kappa shape index (κ1) is 20.7. The van der Waals surface area contributed by atoms with Crippen molar-refractivity contribution in [3.05, 3.63) is 65.2 Å². The van der Waals surface area contributed by atoms with E-state index in [2.05, 4.69) is 0 Å². The third kappa shape index (κ3) is 7.66. The van der Waals surface area contributed by atoms with E-state index in [1.54, 1.807) is 48.5 Å². The molecule has 0 heterocycles. The third-order valence-electron chi connectivity index (χ3n) is 3.50. The van der Waals surface area contributed by atoms with Gasteiger partial charge in [0.2, 0.25) is 0 Å². The van der Waals surface area contributed by atoms with Crippen molar-refractivity contribution in [2.24, 2.45) is 0 Å². The number of rotatable bonds is 9. The van der Waals surface area contributed by atoms with Crippen LogP contribution >= 0.6 is 11.6 Å². The van der Waals surface area contributed by atoms with E-state index in [1.165, 1.54) is 6.92 Å². The van der Waals surface area contributed by atoms with Gasteiger partial charge >= 0.3 is 5.97 Å². The third-order valence-corrected chi connectivity index (χ3v) is 3.73. The van der Waals surface area contributed by atoms with Crippen LogP contribution in [-0.2, 0) is 9.53 Å². The fourth-order valence-electron chi connectivity index (χ4n) is 2.04. The predicted molar refractivity (Wildman–Crippen MR) is 98.6 cm³/mol. The van der Waals surface area contributed by atoms with Gasteiger partial charge in [-0.3, -0.25) is 4.79 Å². The number of benzene rings is 2. The highest BCUT2D eigenvalue weighted by Crippen LogP contribution is 2.25. The average molecular weight is 397 g/mol. The van der Waals surface area contributed by atoms with Crippen LogP contribution in [0.3, 0.4) is 0 Å². The quantitative estimate of drug-likeness (QED) is 0.385. The summed E-state index contributed by atoms with van der Waals surface area (Å²) < 4.78 is 40.5. The van der Waals surface area contributed by atoms with Crippen molar-refractivity contribution in [1.29, 1.82) is 0 Å². The van der Waals surface area contributed by atoms with Crippen molar-refractivity contribution in [3.8, 4) is 17.2 Å². The van der Waals surface area contributed by atoms with E-state index in [0.29, 0.717) is 22.3 Å². The Bertz CT molecular complexity index is 787. The molecule has 2 aromatic rings. The molecule has 0 amide bonds. The van der Waals surface area contributed by atoms with Crippen molar-refractivity contribution in [1.82, 2.24) is 0 Å². The molecule has 0 unspecified atom stereocenters. The molecule has 2 aromatic carbocycles. The number of carbonyl (C=O) groups excluding carboxylic acids is 1. The Morgan fingerprint density at radius 3 is 2.33 bits per heavy atom. The molecule has 0 atom stereocenters. The maximum atomic E-state index is 12.2. The van der Waals surface area contributed by atoms with Gasteiger partial charge in [0.1, 0.15) is 30.5 Å². The van der Waals surface area contributed by atoms with Gasteiger partial charge in [0.05, 0.1) is 0 Å². The van der Waals surface area contributed by atoms with Gasteiger partial charge in [-0.2, -0.15) is 8.78 Å². The van der Waals surface area contributed by atoms with E-state index in [0.717, 1.165) is 0 Å². The predicted octanol–water partition coefficient (Wildman–Crippen LogP) is 6.01. The topological polar surface area (TPSA) is 44.8 Å². The summed E-state index contributed by atoms with van der Waals surface area (Å²) in [6.07, 6.45) is -1.86. The van der Waals surface area contributed by atoms with Crippen LogP contribution in [0.1, 0.15) is 19.8 Å². The van der Waals surface area contributed by atoms with Gasteiger partial charge in [-0.25, -0.2) is 0 Å². The van der Waals surface area contributed by atoms with Crippen LogP contribution in [0.2, 0.25) is 5.02 Å². The Labute approximate surface area is 161 Å². The summed E-state index contributed by atoms with van der Waals surface area (Å²) >= 11 is 5.91. The van der Waals surface area contributed by atoms with Gasteiger partial charge in [-0.05, 0) is 61.4 Å². The maximum absolute atomic E-state index is 12.2. The summed E-state index contributed by atoms with van der Waals surface area (Å²) in [4.78, 5) is 11.5. The van der Waals surface area contributed by atoms with E-state index in [-0.39, 0.29) is 31.6 Å². The smallest absolute Gasteiger partial charge is 0.306 e. The molecule has 7 heteroatoms. The lowest BCUT2D eigenvalue weighted by molar-refractivity contribution is -0.144. The van der Waals surface area contributed by atoms with Gasteiger partial charge in [0, 0.05) is 11.4 Å². The van der Waals surface area contributed by atoms with Crippen molar-refractivity contribution in [2.75, 3.05) is 13.2 Å². The van der Waals surface area contributed by atoms with Gasteiger partial charge < -0.3 is 14.2 Å². The van der Waals surface area contributed by atoms with E-state index in [4.69, 9.17) is 25.8 Å². The molecule has 2 rings (SSSR count). The molecule has 0 aliphatic carbocycles. The van der Waals surface area contributed by atoms with Crippen molar-refractivity contribution < 1.29 is 27.8 Å². The Hall–Kier alpha value is -2.60. The van der Waals surface area contributed by atoms with Crippen LogP contribution < -0.4 is 9.47 Å². The molecule has 0 N–H and O–H groups in total. The number of esters is 1. The first-order valence-corrected chi connectivity index (χ1v) is 8.64. The van der Waals surface area contributed by atoms with Gasteiger partial charge in [-0.15, -0.1) is 0 Å². The summed E-state index contributed by atoms with van der Waals surface area (Å²) in [6, 6.07) is 14.0. The monoisotopic (exact) mass is 396 g/mol. The number of hydrogen-bond acceptors (Lipinski definition) is 4.